The highest BCUT2D eigenvalue weighted by Crippen LogP contribution is 2.15. The number of aliphatic carboxylic acids is 1. The zero-order valence-corrected chi connectivity index (χ0v) is 10.5. The van der Waals surface area contributed by atoms with Crippen molar-refractivity contribution in [3.05, 3.63) is 42.1 Å². The lowest BCUT2D eigenvalue weighted by Gasteiger charge is -2.09. The second-order valence-corrected chi connectivity index (χ2v) is 4.39. The molecule has 5 heteroatoms. The molecule has 0 saturated heterocycles. The molecule has 1 atom stereocenters. The molecule has 0 bridgehead atoms. The lowest BCUT2D eigenvalue weighted by molar-refractivity contribution is -0.138. The number of aromatic nitrogens is 1. The first-order valence-electron chi connectivity index (χ1n) is 6.20. The van der Waals surface area contributed by atoms with Gasteiger partial charge < -0.3 is 16.2 Å². The molecule has 0 aliphatic carbocycles. The quantitative estimate of drug-likeness (QED) is 0.667. The van der Waals surface area contributed by atoms with E-state index in [2.05, 4.69) is 10.3 Å². The summed E-state index contributed by atoms with van der Waals surface area (Å²) in [5.41, 5.74) is 7.55. The summed E-state index contributed by atoms with van der Waals surface area (Å²) in [5, 5.41) is 12.8. The maximum atomic E-state index is 10.6. The standard InChI is InChI=1S/C14H17N3O2/c15-12(14(18)19)9-16-8-6-11-4-1-3-10-5-2-7-17-13(10)11/h1-5,7,12,16H,6,8-9,15H2,(H,18,19). The zero-order valence-electron chi connectivity index (χ0n) is 10.5. The van der Waals surface area contributed by atoms with E-state index < -0.39 is 12.0 Å². The molecule has 1 aromatic heterocycles. The Morgan fingerprint density at radius 2 is 2.16 bits per heavy atom. The van der Waals surface area contributed by atoms with Crippen LogP contribution < -0.4 is 11.1 Å². The molecule has 0 spiro atoms. The lowest BCUT2D eigenvalue weighted by atomic mass is 10.1. The first kappa shape index (κ1) is 13.5. The molecular weight excluding hydrogens is 242 g/mol. The molecular formula is C14H17N3O2. The van der Waals surface area contributed by atoms with Crippen LogP contribution in [0.4, 0.5) is 0 Å². The Labute approximate surface area is 111 Å². The van der Waals surface area contributed by atoms with Gasteiger partial charge in [0, 0.05) is 18.1 Å². The molecule has 100 valence electrons. The number of hydrogen-bond donors (Lipinski definition) is 3. The minimum Gasteiger partial charge on any atom is -0.480 e. The number of hydrogen-bond acceptors (Lipinski definition) is 4. The predicted molar refractivity (Wildman–Crippen MR) is 73.9 cm³/mol. The third-order valence-electron chi connectivity index (χ3n) is 2.97. The van der Waals surface area contributed by atoms with E-state index in [9.17, 15) is 4.79 Å². The van der Waals surface area contributed by atoms with Crippen LogP contribution in [0.25, 0.3) is 10.9 Å². The van der Waals surface area contributed by atoms with Crippen molar-refractivity contribution in [3.8, 4) is 0 Å². The molecule has 0 radical (unpaired) electrons. The van der Waals surface area contributed by atoms with Gasteiger partial charge in [-0.3, -0.25) is 9.78 Å². The highest BCUT2D eigenvalue weighted by atomic mass is 16.4. The number of pyridine rings is 1. The minimum atomic E-state index is -0.987. The van der Waals surface area contributed by atoms with Crippen LogP contribution in [0.5, 0.6) is 0 Å². The number of carboxylic acid groups (broad SMARTS) is 1. The number of nitrogens with one attached hydrogen (secondary N) is 1. The first-order chi connectivity index (χ1) is 9.18. The van der Waals surface area contributed by atoms with Crippen molar-refractivity contribution >= 4 is 16.9 Å². The fourth-order valence-electron chi connectivity index (χ4n) is 1.94. The molecule has 0 aliphatic rings. The highest BCUT2D eigenvalue weighted by Gasteiger charge is 2.10. The molecule has 2 aromatic rings. The van der Waals surface area contributed by atoms with Crippen LogP contribution in [0.1, 0.15) is 5.56 Å². The normalized spacial score (nSPS) is 12.5. The van der Waals surface area contributed by atoms with E-state index >= 15 is 0 Å². The molecule has 0 aliphatic heterocycles. The third kappa shape index (κ3) is 3.49. The van der Waals surface area contributed by atoms with Crippen LogP contribution in [-0.4, -0.2) is 35.2 Å². The van der Waals surface area contributed by atoms with Crippen molar-refractivity contribution in [2.75, 3.05) is 13.1 Å². The number of carboxylic acids is 1. The Hall–Kier alpha value is -1.98. The second-order valence-electron chi connectivity index (χ2n) is 4.39. The van der Waals surface area contributed by atoms with Crippen LogP contribution in [0, 0.1) is 0 Å². The summed E-state index contributed by atoms with van der Waals surface area (Å²) >= 11 is 0. The Balaban J connectivity index is 1.93. The maximum absolute atomic E-state index is 10.6. The van der Waals surface area contributed by atoms with Crippen molar-refractivity contribution in [1.29, 1.82) is 0 Å². The summed E-state index contributed by atoms with van der Waals surface area (Å²) in [7, 11) is 0. The van der Waals surface area contributed by atoms with Crippen LogP contribution in [0.2, 0.25) is 0 Å². The monoisotopic (exact) mass is 259 g/mol. The molecule has 0 amide bonds. The van der Waals surface area contributed by atoms with Gasteiger partial charge in [0.1, 0.15) is 6.04 Å². The Kier molecular flexibility index (Phi) is 4.43. The van der Waals surface area contributed by atoms with E-state index in [1.807, 2.05) is 30.3 Å². The van der Waals surface area contributed by atoms with E-state index in [0.29, 0.717) is 6.54 Å². The van der Waals surface area contributed by atoms with Crippen LogP contribution in [-0.2, 0) is 11.2 Å². The summed E-state index contributed by atoms with van der Waals surface area (Å²) in [6.45, 7) is 0.949. The van der Waals surface area contributed by atoms with Gasteiger partial charge in [-0.05, 0) is 24.6 Å². The topological polar surface area (TPSA) is 88.2 Å². The van der Waals surface area contributed by atoms with Crippen LogP contribution in [0.3, 0.4) is 0 Å². The number of rotatable bonds is 6. The summed E-state index contributed by atoms with van der Waals surface area (Å²) in [6.07, 6.45) is 2.57. The fourth-order valence-corrected chi connectivity index (χ4v) is 1.94. The molecule has 1 heterocycles. The van der Waals surface area contributed by atoms with Gasteiger partial charge in [-0.25, -0.2) is 0 Å². The molecule has 0 fully saturated rings. The van der Waals surface area contributed by atoms with E-state index in [1.165, 1.54) is 0 Å². The van der Waals surface area contributed by atoms with Crippen LogP contribution >= 0.6 is 0 Å². The van der Waals surface area contributed by atoms with Gasteiger partial charge in [-0.15, -0.1) is 0 Å². The number of benzene rings is 1. The van der Waals surface area contributed by atoms with Crippen molar-refractivity contribution in [3.63, 3.8) is 0 Å². The minimum absolute atomic E-state index is 0.271. The van der Waals surface area contributed by atoms with Gasteiger partial charge in [0.15, 0.2) is 0 Å². The molecule has 1 unspecified atom stereocenters. The predicted octanol–water partition coefficient (Wildman–Crippen LogP) is 0.779. The average molecular weight is 259 g/mol. The maximum Gasteiger partial charge on any atom is 0.321 e. The number of nitrogens with zero attached hydrogens (tertiary/aromatic N) is 1. The largest absolute Gasteiger partial charge is 0.480 e. The Morgan fingerprint density at radius 3 is 2.95 bits per heavy atom. The van der Waals surface area contributed by atoms with Crippen molar-refractivity contribution in [1.82, 2.24) is 10.3 Å². The zero-order chi connectivity index (χ0) is 13.7. The van der Waals surface area contributed by atoms with Gasteiger partial charge >= 0.3 is 5.97 Å². The van der Waals surface area contributed by atoms with Crippen LogP contribution in [0.15, 0.2) is 36.5 Å². The van der Waals surface area contributed by atoms with Gasteiger partial charge in [0.2, 0.25) is 0 Å². The average Bonchev–Trinajstić information content (AvgIpc) is 2.43. The molecule has 0 saturated carbocycles. The van der Waals surface area contributed by atoms with Crippen molar-refractivity contribution in [2.24, 2.45) is 5.73 Å². The van der Waals surface area contributed by atoms with E-state index in [-0.39, 0.29) is 6.54 Å². The molecule has 2 rings (SSSR count). The number of para-hydroxylation sites is 1. The van der Waals surface area contributed by atoms with Gasteiger partial charge in [-0.2, -0.15) is 0 Å². The van der Waals surface area contributed by atoms with Crippen molar-refractivity contribution < 1.29 is 9.90 Å². The first-order valence-corrected chi connectivity index (χ1v) is 6.20. The van der Waals surface area contributed by atoms with E-state index in [4.69, 9.17) is 10.8 Å². The lowest BCUT2D eigenvalue weighted by Crippen LogP contribution is -2.40. The molecule has 1 aromatic carbocycles. The smallest absolute Gasteiger partial charge is 0.321 e. The molecule has 5 nitrogen and oxygen atoms in total. The SMILES string of the molecule is NC(CNCCc1cccc2cccnc12)C(=O)O. The third-order valence-corrected chi connectivity index (χ3v) is 2.97. The molecule has 19 heavy (non-hydrogen) atoms. The Morgan fingerprint density at radius 1 is 1.37 bits per heavy atom. The molecule has 4 N–H and O–H groups in total. The van der Waals surface area contributed by atoms with Gasteiger partial charge in [-0.1, -0.05) is 24.3 Å². The number of fused-ring (bicyclic) bond motifs is 1. The highest BCUT2D eigenvalue weighted by molar-refractivity contribution is 5.81. The van der Waals surface area contributed by atoms with Gasteiger partial charge in [0.05, 0.1) is 5.52 Å². The summed E-state index contributed by atoms with van der Waals surface area (Å²) in [5.74, 6) is -0.987. The fraction of sp³-hybridized carbons (Fsp3) is 0.286. The summed E-state index contributed by atoms with van der Waals surface area (Å²) < 4.78 is 0. The van der Waals surface area contributed by atoms with E-state index in [0.717, 1.165) is 22.9 Å². The number of nitrogens with two attached hydrogens (primary N) is 1. The van der Waals surface area contributed by atoms with Gasteiger partial charge in [0.25, 0.3) is 0 Å². The van der Waals surface area contributed by atoms with Crippen molar-refractivity contribution in [2.45, 2.75) is 12.5 Å². The summed E-state index contributed by atoms with van der Waals surface area (Å²) in [6, 6.07) is 9.15. The Bertz CT molecular complexity index is 566. The summed E-state index contributed by atoms with van der Waals surface area (Å²) in [4.78, 5) is 14.9. The van der Waals surface area contributed by atoms with E-state index in [1.54, 1.807) is 6.20 Å². The second kappa shape index (κ2) is 6.26. The number of carbonyl (C=O) groups is 1.